The van der Waals surface area contributed by atoms with Gasteiger partial charge in [-0.2, -0.15) is 0 Å². The van der Waals surface area contributed by atoms with E-state index in [4.69, 9.17) is 9.47 Å². The van der Waals surface area contributed by atoms with Crippen LogP contribution in [-0.4, -0.2) is 77.3 Å². The molecule has 5 rings (SSSR count). The second kappa shape index (κ2) is 10.0. The maximum absolute atomic E-state index is 15.4. The number of methoxy groups -OCH3 is 1. The van der Waals surface area contributed by atoms with Crippen LogP contribution < -0.4 is 10.1 Å². The fraction of sp³-hybridized carbons (Fsp3) is 0.462. The van der Waals surface area contributed by atoms with Gasteiger partial charge in [-0.15, -0.1) is 0 Å². The van der Waals surface area contributed by atoms with Gasteiger partial charge in [0.15, 0.2) is 0 Å². The highest BCUT2D eigenvalue weighted by atomic mass is 19.1. The third kappa shape index (κ3) is 4.87. The van der Waals surface area contributed by atoms with Crippen molar-refractivity contribution < 1.29 is 27.8 Å². The van der Waals surface area contributed by atoms with E-state index in [0.717, 1.165) is 12.8 Å². The standard InChI is InChI=1S/C26H29F2N5O4/c1-13-4-7-18(37-10-15-5-6-15)21(22(13)28)24-25-23(29-12-30-24)20(14(2)31-25)26(35)32-17-9-33(8-16(17)27)19(34)11-36-3/h4,7,12,15-17,31H,5-6,8-11H2,1-3H3,(H,32,35)/t16-,17+/m1/s1. The molecule has 2 fully saturated rings. The van der Waals surface area contributed by atoms with Crippen molar-refractivity contribution in [2.45, 2.75) is 38.9 Å². The summed E-state index contributed by atoms with van der Waals surface area (Å²) in [7, 11) is 1.39. The van der Waals surface area contributed by atoms with Gasteiger partial charge in [-0.3, -0.25) is 9.59 Å². The Labute approximate surface area is 212 Å². The molecular formula is C26H29F2N5O4. The Hall–Kier alpha value is -3.60. The molecule has 0 spiro atoms. The van der Waals surface area contributed by atoms with Crippen LogP contribution in [-0.2, 0) is 9.53 Å². The van der Waals surface area contributed by atoms with Crippen molar-refractivity contribution in [1.29, 1.82) is 0 Å². The maximum atomic E-state index is 15.4. The van der Waals surface area contributed by atoms with Crippen LogP contribution in [0.4, 0.5) is 8.78 Å². The number of aryl methyl sites for hydroxylation is 2. The third-order valence-electron chi connectivity index (χ3n) is 6.89. The fourth-order valence-corrected chi connectivity index (χ4v) is 4.64. The zero-order valence-electron chi connectivity index (χ0n) is 20.9. The predicted molar refractivity (Wildman–Crippen MR) is 132 cm³/mol. The largest absolute Gasteiger partial charge is 0.492 e. The predicted octanol–water partition coefficient (Wildman–Crippen LogP) is 3.09. The highest BCUT2D eigenvalue weighted by molar-refractivity contribution is 6.09. The summed E-state index contributed by atoms with van der Waals surface area (Å²) >= 11 is 0. The molecule has 0 unspecified atom stereocenters. The van der Waals surface area contributed by atoms with Crippen molar-refractivity contribution in [3.63, 3.8) is 0 Å². The van der Waals surface area contributed by atoms with Crippen molar-refractivity contribution >= 4 is 22.8 Å². The molecular weight excluding hydrogens is 484 g/mol. The molecule has 2 N–H and O–H groups in total. The van der Waals surface area contributed by atoms with E-state index < -0.39 is 23.9 Å². The molecule has 1 aliphatic carbocycles. The number of ether oxygens (including phenoxy) is 2. The molecule has 2 amide bonds. The van der Waals surface area contributed by atoms with Crippen LogP contribution in [0.25, 0.3) is 22.3 Å². The number of benzene rings is 1. The summed E-state index contributed by atoms with van der Waals surface area (Å²) in [4.78, 5) is 38.4. The lowest BCUT2D eigenvalue weighted by molar-refractivity contribution is -0.134. The Kier molecular flexibility index (Phi) is 6.80. The smallest absolute Gasteiger partial charge is 0.255 e. The van der Waals surface area contributed by atoms with Gasteiger partial charge < -0.3 is 24.7 Å². The first kappa shape index (κ1) is 25.1. The normalized spacial score (nSPS) is 19.4. The Morgan fingerprint density at radius 1 is 1.22 bits per heavy atom. The molecule has 3 aromatic rings. The van der Waals surface area contributed by atoms with Crippen LogP contribution in [0.5, 0.6) is 5.75 Å². The SMILES string of the molecule is COCC(=O)N1C[C@@H](F)[C@@H](NC(=O)c2c(C)[nH]c3c(-c4c(OCC5CC5)ccc(C)c4F)ncnc23)C1. The first-order chi connectivity index (χ1) is 17.8. The molecule has 1 saturated heterocycles. The summed E-state index contributed by atoms with van der Waals surface area (Å²) in [5, 5.41) is 2.69. The number of carbonyl (C=O) groups excluding carboxylic acids is 2. The highest BCUT2D eigenvalue weighted by Gasteiger charge is 2.37. The van der Waals surface area contributed by atoms with Gasteiger partial charge in [0.25, 0.3) is 5.91 Å². The number of likely N-dealkylation sites (tertiary alicyclic amines) is 1. The molecule has 11 heteroatoms. The number of H-pyrrole nitrogens is 1. The molecule has 1 aromatic carbocycles. The Morgan fingerprint density at radius 2 is 2.00 bits per heavy atom. The van der Waals surface area contributed by atoms with Crippen LogP contribution in [0, 0.1) is 25.6 Å². The Balaban J connectivity index is 1.46. The first-order valence-electron chi connectivity index (χ1n) is 12.3. The lowest BCUT2D eigenvalue weighted by Gasteiger charge is -2.16. The van der Waals surface area contributed by atoms with Crippen molar-refractivity contribution in [1.82, 2.24) is 25.2 Å². The number of aromatic amines is 1. The summed E-state index contributed by atoms with van der Waals surface area (Å²) in [6, 6.07) is 2.51. The lowest BCUT2D eigenvalue weighted by Crippen LogP contribution is -2.42. The molecule has 0 bridgehead atoms. The minimum atomic E-state index is -1.42. The number of nitrogens with one attached hydrogen (secondary N) is 2. The number of hydrogen-bond donors (Lipinski definition) is 2. The van der Waals surface area contributed by atoms with Gasteiger partial charge >= 0.3 is 0 Å². The summed E-state index contributed by atoms with van der Waals surface area (Å²) in [5.74, 6) is -0.500. The van der Waals surface area contributed by atoms with Gasteiger partial charge in [-0.05, 0) is 44.2 Å². The van der Waals surface area contributed by atoms with Gasteiger partial charge in [0.05, 0.1) is 35.8 Å². The van der Waals surface area contributed by atoms with Gasteiger partial charge in [-0.1, -0.05) is 6.07 Å². The van der Waals surface area contributed by atoms with E-state index in [-0.39, 0.29) is 47.9 Å². The molecule has 3 heterocycles. The molecule has 196 valence electrons. The molecule has 37 heavy (non-hydrogen) atoms. The van der Waals surface area contributed by atoms with Crippen molar-refractivity contribution in [2.75, 3.05) is 33.4 Å². The molecule has 1 aliphatic heterocycles. The van der Waals surface area contributed by atoms with E-state index in [2.05, 4.69) is 20.3 Å². The van der Waals surface area contributed by atoms with Crippen LogP contribution >= 0.6 is 0 Å². The summed E-state index contributed by atoms with van der Waals surface area (Å²) < 4.78 is 40.9. The summed E-state index contributed by atoms with van der Waals surface area (Å²) in [6.45, 7) is 3.60. The van der Waals surface area contributed by atoms with E-state index in [0.29, 0.717) is 35.0 Å². The summed E-state index contributed by atoms with van der Waals surface area (Å²) in [5.41, 5.74) is 2.27. The van der Waals surface area contributed by atoms with Crippen molar-refractivity contribution in [3.05, 3.63) is 41.1 Å². The number of halogens is 2. The van der Waals surface area contributed by atoms with E-state index in [1.807, 2.05) is 0 Å². The van der Waals surface area contributed by atoms with E-state index in [1.54, 1.807) is 26.0 Å². The van der Waals surface area contributed by atoms with E-state index in [1.165, 1.54) is 18.3 Å². The van der Waals surface area contributed by atoms with Gasteiger partial charge in [0, 0.05) is 19.3 Å². The molecule has 9 nitrogen and oxygen atoms in total. The topological polar surface area (TPSA) is 109 Å². The highest BCUT2D eigenvalue weighted by Crippen LogP contribution is 2.39. The minimum Gasteiger partial charge on any atom is -0.492 e. The average Bonchev–Trinajstić information content (AvgIpc) is 3.53. The van der Waals surface area contributed by atoms with Gasteiger partial charge in [0.1, 0.15) is 41.9 Å². The Morgan fingerprint density at radius 3 is 2.73 bits per heavy atom. The Bertz CT molecular complexity index is 1360. The number of nitrogens with zero attached hydrogens (tertiary/aromatic N) is 3. The number of fused-ring (bicyclic) bond motifs is 1. The number of amides is 2. The maximum Gasteiger partial charge on any atom is 0.255 e. The summed E-state index contributed by atoms with van der Waals surface area (Å²) in [6.07, 6.45) is 2.03. The van der Waals surface area contributed by atoms with Gasteiger partial charge in [-0.25, -0.2) is 18.7 Å². The van der Waals surface area contributed by atoms with E-state index >= 15 is 4.39 Å². The van der Waals surface area contributed by atoms with Crippen molar-refractivity contribution in [2.24, 2.45) is 5.92 Å². The molecule has 2 atom stereocenters. The van der Waals surface area contributed by atoms with Crippen molar-refractivity contribution in [3.8, 4) is 17.0 Å². The second-order valence-electron chi connectivity index (χ2n) is 9.72. The number of carbonyl (C=O) groups is 2. The average molecular weight is 514 g/mol. The number of rotatable bonds is 8. The second-order valence-corrected chi connectivity index (χ2v) is 9.72. The fourth-order valence-electron chi connectivity index (χ4n) is 4.64. The first-order valence-corrected chi connectivity index (χ1v) is 12.3. The van der Waals surface area contributed by atoms with Crippen LogP contribution in [0.3, 0.4) is 0 Å². The number of hydrogen-bond acceptors (Lipinski definition) is 6. The molecule has 1 saturated carbocycles. The third-order valence-corrected chi connectivity index (χ3v) is 6.89. The van der Waals surface area contributed by atoms with Gasteiger partial charge in [0.2, 0.25) is 5.91 Å². The lowest BCUT2D eigenvalue weighted by atomic mass is 10.0. The number of aromatic nitrogens is 3. The van der Waals surface area contributed by atoms with Crippen LogP contribution in [0.2, 0.25) is 0 Å². The van der Waals surface area contributed by atoms with Crippen LogP contribution in [0.15, 0.2) is 18.5 Å². The quantitative estimate of drug-likeness (QED) is 0.479. The van der Waals surface area contributed by atoms with Crippen LogP contribution in [0.1, 0.15) is 34.5 Å². The molecule has 0 radical (unpaired) electrons. The minimum absolute atomic E-state index is 0.0347. The molecule has 2 aliphatic rings. The zero-order chi connectivity index (χ0) is 26.3. The molecule has 2 aromatic heterocycles. The van der Waals surface area contributed by atoms with E-state index in [9.17, 15) is 14.0 Å². The zero-order valence-corrected chi connectivity index (χ0v) is 20.9. The number of alkyl halides is 1. The monoisotopic (exact) mass is 513 g/mol.